The molecule has 0 aliphatic carbocycles. The highest BCUT2D eigenvalue weighted by Crippen LogP contribution is 2.34. The van der Waals surface area contributed by atoms with E-state index in [4.69, 9.17) is 4.74 Å². The molecule has 0 atom stereocenters. The number of H-pyrrole nitrogens is 1. The predicted molar refractivity (Wildman–Crippen MR) is 106 cm³/mol. The molecule has 0 aliphatic heterocycles. The van der Waals surface area contributed by atoms with Crippen LogP contribution < -0.4 is 4.74 Å². The summed E-state index contributed by atoms with van der Waals surface area (Å²) in [7, 11) is 0. The molecule has 6 heteroatoms. The number of hydrogen-bond acceptors (Lipinski definition) is 3. The van der Waals surface area contributed by atoms with Gasteiger partial charge in [0.2, 0.25) is 0 Å². The molecule has 0 aliphatic rings. The Hall–Kier alpha value is -2.73. The first-order chi connectivity index (χ1) is 13.1. The van der Waals surface area contributed by atoms with Crippen molar-refractivity contribution in [2.45, 2.75) is 20.0 Å². The van der Waals surface area contributed by atoms with E-state index in [0.29, 0.717) is 12.3 Å². The van der Waals surface area contributed by atoms with E-state index < -0.39 is 0 Å². The first kappa shape index (κ1) is 17.7. The van der Waals surface area contributed by atoms with Crippen LogP contribution in [-0.2, 0) is 13.0 Å². The minimum Gasteiger partial charge on any atom is -0.470 e. The molecule has 0 saturated heterocycles. The normalized spacial score (nSPS) is 11.1. The first-order valence-corrected chi connectivity index (χ1v) is 9.35. The van der Waals surface area contributed by atoms with Gasteiger partial charge in [0.25, 0.3) is 5.88 Å². The molecular weight excluding hydrogens is 409 g/mol. The molecular formula is C21H17BrFN3O. The molecule has 2 aromatic heterocycles. The summed E-state index contributed by atoms with van der Waals surface area (Å²) in [5.41, 5.74) is 4.70. The van der Waals surface area contributed by atoms with Crippen LogP contribution in [0, 0.1) is 12.7 Å². The molecule has 4 aromatic rings. The zero-order valence-electron chi connectivity index (χ0n) is 14.7. The van der Waals surface area contributed by atoms with Crippen molar-refractivity contribution in [3.8, 4) is 5.88 Å². The Morgan fingerprint density at radius 2 is 1.74 bits per heavy atom. The van der Waals surface area contributed by atoms with Gasteiger partial charge in [0.1, 0.15) is 17.9 Å². The topological polar surface area (TPSA) is 50.8 Å². The third-order valence-corrected chi connectivity index (χ3v) is 5.37. The third kappa shape index (κ3) is 3.71. The number of benzene rings is 2. The number of rotatable bonds is 5. The van der Waals surface area contributed by atoms with E-state index in [1.165, 1.54) is 17.7 Å². The van der Waals surface area contributed by atoms with Gasteiger partial charge in [-0.2, -0.15) is 5.10 Å². The Bertz CT molecular complexity index is 1080. The second-order valence-corrected chi connectivity index (χ2v) is 7.14. The minimum atomic E-state index is -0.268. The summed E-state index contributed by atoms with van der Waals surface area (Å²) in [5.74, 6) is 0.162. The molecule has 4 nitrogen and oxygen atoms in total. The van der Waals surface area contributed by atoms with Crippen molar-refractivity contribution in [2.24, 2.45) is 0 Å². The van der Waals surface area contributed by atoms with E-state index in [0.717, 1.165) is 32.3 Å². The van der Waals surface area contributed by atoms with Gasteiger partial charge in [-0.15, -0.1) is 5.10 Å². The van der Waals surface area contributed by atoms with Crippen molar-refractivity contribution in [1.82, 2.24) is 15.2 Å². The van der Waals surface area contributed by atoms with Crippen LogP contribution in [0.25, 0.3) is 10.9 Å². The van der Waals surface area contributed by atoms with Crippen molar-refractivity contribution >= 4 is 26.8 Å². The fourth-order valence-electron chi connectivity index (χ4n) is 2.99. The summed E-state index contributed by atoms with van der Waals surface area (Å²) in [6, 6.07) is 16.4. The quantitative estimate of drug-likeness (QED) is 0.469. The van der Waals surface area contributed by atoms with Gasteiger partial charge in [0.15, 0.2) is 0 Å². The number of aromatic nitrogens is 3. The lowest BCUT2D eigenvalue weighted by atomic mass is 10.1. The Labute approximate surface area is 164 Å². The van der Waals surface area contributed by atoms with Crippen molar-refractivity contribution < 1.29 is 9.13 Å². The van der Waals surface area contributed by atoms with Crippen LogP contribution in [0.15, 0.2) is 59.1 Å². The maximum Gasteiger partial charge on any atom is 0.258 e. The molecule has 1 N–H and O–H groups in total. The van der Waals surface area contributed by atoms with Gasteiger partial charge in [0.05, 0.1) is 5.69 Å². The predicted octanol–water partition coefficient (Wildman–Crippen LogP) is 5.34. The van der Waals surface area contributed by atoms with Crippen LogP contribution in [0.3, 0.4) is 0 Å². The molecule has 0 unspecified atom stereocenters. The summed E-state index contributed by atoms with van der Waals surface area (Å²) in [5, 5.41) is 9.68. The van der Waals surface area contributed by atoms with E-state index in [2.05, 4.69) is 43.2 Å². The van der Waals surface area contributed by atoms with Crippen molar-refractivity contribution in [3.63, 3.8) is 0 Å². The molecule has 0 spiro atoms. The number of aryl methyl sites for hydroxylation is 1. The van der Waals surface area contributed by atoms with Crippen LogP contribution in [0.1, 0.15) is 22.5 Å². The zero-order valence-corrected chi connectivity index (χ0v) is 16.3. The highest BCUT2D eigenvalue weighted by atomic mass is 79.9. The van der Waals surface area contributed by atoms with Crippen molar-refractivity contribution in [2.75, 3.05) is 0 Å². The number of nitrogens with one attached hydrogen (secondary N) is 1. The third-order valence-electron chi connectivity index (χ3n) is 4.38. The fraction of sp³-hybridized carbons (Fsp3) is 0.143. The van der Waals surface area contributed by atoms with E-state index in [1.54, 1.807) is 12.1 Å². The Morgan fingerprint density at radius 3 is 2.48 bits per heavy atom. The molecule has 2 heterocycles. The Kier molecular flexibility index (Phi) is 4.90. The zero-order chi connectivity index (χ0) is 18.8. The maximum absolute atomic E-state index is 13.1. The highest BCUT2D eigenvalue weighted by Gasteiger charge is 2.18. The lowest BCUT2D eigenvalue weighted by molar-refractivity contribution is 0.293. The van der Waals surface area contributed by atoms with E-state index in [-0.39, 0.29) is 12.4 Å². The summed E-state index contributed by atoms with van der Waals surface area (Å²) in [4.78, 5) is 3.33. The van der Waals surface area contributed by atoms with Crippen LogP contribution >= 0.6 is 15.9 Å². The van der Waals surface area contributed by atoms with Crippen LogP contribution in [0.5, 0.6) is 5.88 Å². The number of ether oxygens (including phenoxy) is 1. The summed E-state index contributed by atoms with van der Waals surface area (Å²) in [6.45, 7) is 2.28. The van der Waals surface area contributed by atoms with Gasteiger partial charge in [-0.3, -0.25) is 0 Å². The smallest absolute Gasteiger partial charge is 0.258 e. The summed E-state index contributed by atoms with van der Waals surface area (Å²) >= 11 is 3.66. The average molecular weight is 426 g/mol. The Morgan fingerprint density at radius 1 is 1.00 bits per heavy atom. The minimum absolute atomic E-state index is 0.268. The monoisotopic (exact) mass is 425 g/mol. The molecule has 0 bridgehead atoms. The highest BCUT2D eigenvalue weighted by molar-refractivity contribution is 9.10. The van der Waals surface area contributed by atoms with Gasteiger partial charge in [-0.05, 0) is 46.1 Å². The number of nitrogens with zero attached hydrogens (tertiary/aromatic N) is 2. The second-order valence-electron chi connectivity index (χ2n) is 6.34. The van der Waals surface area contributed by atoms with Gasteiger partial charge in [-0.25, -0.2) is 4.39 Å². The number of halogens is 2. The molecule has 0 radical (unpaired) electrons. The summed E-state index contributed by atoms with van der Waals surface area (Å²) in [6.07, 6.45) is 0.679. The molecule has 136 valence electrons. The SMILES string of the molecule is Cc1[nH]c2c(OCc3ccc(F)cc3)nnc(Cc3ccccc3)c2c1Br. The van der Waals surface area contributed by atoms with Crippen molar-refractivity contribution in [1.29, 1.82) is 0 Å². The fourth-order valence-corrected chi connectivity index (χ4v) is 3.51. The van der Waals surface area contributed by atoms with Gasteiger partial charge < -0.3 is 9.72 Å². The molecule has 0 fully saturated rings. The van der Waals surface area contributed by atoms with E-state index >= 15 is 0 Å². The van der Waals surface area contributed by atoms with Crippen molar-refractivity contribution in [3.05, 3.63) is 87.4 Å². The number of hydrogen-bond donors (Lipinski definition) is 1. The first-order valence-electron chi connectivity index (χ1n) is 8.56. The maximum atomic E-state index is 13.1. The lowest BCUT2D eigenvalue weighted by Gasteiger charge is -2.09. The lowest BCUT2D eigenvalue weighted by Crippen LogP contribution is -2.02. The molecule has 27 heavy (non-hydrogen) atoms. The molecule has 0 amide bonds. The van der Waals surface area contributed by atoms with Crippen LogP contribution in [-0.4, -0.2) is 15.2 Å². The second kappa shape index (κ2) is 7.48. The molecule has 0 saturated carbocycles. The number of aromatic amines is 1. The van der Waals surface area contributed by atoms with Crippen LogP contribution in [0.4, 0.5) is 4.39 Å². The summed E-state index contributed by atoms with van der Waals surface area (Å²) < 4.78 is 19.9. The molecule has 2 aromatic carbocycles. The van der Waals surface area contributed by atoms with Gasteiger partial charge in [0, 0.05) is 22.0 Å². The standard InChI is InChI=1S/C21H17BrFN3O/c1-13-19(22)18-17(11-14-5-3-2-4-6-14)25-26-21(20(18)24-13)27-12-15-7-9-16(23)10-8-15/h2-10,24H,11-12H2,1H3. The Balaban J connectivity index is 1.67. The van der Waals surface area contributed by atoms with Gasteiger partial charge in [-0.1, -0.05) is 42.5 Å². The largest absolute Gasteiger partial charge is 0.470 e. The average Bonchev–Trinajstić information content (AvgIpc) is 2.99. The van der Waals surface area contributed by atoms with Gasteiger partial charge >= 0.3 is 0 Å². The van der Waals surface area contributed by atoms with Crippen LogP contribution in [0.2, 0.25) is 0 Å². The number of fused-ring (bicyclic) bond motifs is 1. The van der Waals surface area contributed by atoms with E-state index in [1.807, 2.05) is 25.1 Å². The molecule has 4 rings (SSSR count). The van der Waals surface area contributed by atoms with E-state index in [9.17, 15) is 4.39 Å².